The standard InChI is InChI=1S/C24H32N4O2/c1-18(19-9-5-4-6-10-19)26-24(30)23(29)25-17-22(28-15-7-8-16-28)20-11-13-21(14-12-20)27(2)3/h4-6,9-14,18,22H,7-8,15-17H2,1-3H3,(H,25,29)(H,26,30)/t18-,22+/m1/s1. The third kappa shape index (κ3) is 5.60. The monoisotopic (exact) mass is 408 g/mol. The average molecular weight is 409 g/mol. The maximum Gasteiger partial charge on any atom is 0.309 e. The SMILES string of the molecule is C[C@@H](NC(=O)C(=O)NC[C@@H](c1ccc(N(C)C)cc1)N1CCCC1)c1ccccc1. The van der Waals surface area contributed by atoms with Crippen molar-refractivity contribution in [2.75, 3.05) is 38.6 Å². The van der Waals surface area contributed by atoms with Gasteiger partial charge in [-0.05, 0) is 56.1 Å². The fourth-order valence-electron chi connectivity index (χ4n) is 3.86. The van der Waals surface area contributed by atoms with Crippen molar-refractivity contribution in [3.63, 3.8) is 0 Å². The summed E-state index contributed by atoms with van der Waals surface area (Å²) in [6.07, 6.45) is 2.32. The van der Waals surface area contributed by atoms with Gasteiger partial charge in [0.15, 0.2) is 0 Å². The minimum atomic E-state index is -0.602. The number of rotatable bonds is 7. The zero-order chi connectivity index (χ0) is 21.5. The summed E-state index contributed by atoms with van der Waals surface area (Å²) in [5, 5.41) is 5.63. The van der Waals surface area contributed by atoms with Crippen molar-refractivity contribution in [3.8, 4) is 0 Å². The van der Waals surface area contributed by atoms with Crippen LogP contribution in [0, 0.1) is 0 Å². The van der Waals surface area contributed by atoms with E-state index in [1.54, 1.807) is 0 Å². The van der Waals surface area contributed by atoms with Crippen molar-refractivity contribution in [1.29, 1.82) is 0 Å². The fourth-order valence-corrected chi connectivity index (χ4v) is 3.86. The fraction of sp³-hybridized carbons (Fsp3) is 0.417. The summed E-state index contributed by atoms with van der Waals surface area (Å²) in [5.41, 5.74) is 3.26. The van der Waals surface area contributed by atoms with Crippen LogP contribution in [-0.4, -0.2) is 50.4 Å². The van der Waals surface area contributed by atoms with E-state index in [2.05, 4.69) is 44.7 Å². The van der Waals surface area contributed by atoms with Crippen LogP contribution in [0.4, 0.5) is 5.69 Å². The first-order valence-electron chi connectivity index (χ1n) is 10.6. The Labute approximate surface area is 179 Å². The van der Waals surface area contributed by atoms with Gasteiger partial charge in [-0.15, -0.1) is 0 Å². The molecule has 2 aromatic carbocycles. The maximum atomic E-state index is 12.5. The molecule has 0 bridgehead atoms. The number of amides is 2. The van der Waals surface area contributed by atoms with E-state index in [9.17, 15) is 9.59 Å². The molecule has 0 aromatic heterocycles. The predicted molar refractivity (Wildman–Crippen MR) is 120 cm³/mol. The Kier molecular flexibility index (Phi) is 7.46. The van der Waals surface area contributed by atoms with Crippen molar-refractivity contribution >= 4 is 17.5 Å². The zero-order valence-corrected chi connectivity index (χ0v) is 18.1. The summed E-state index contributed by atoms with van der Waals surface area (Å²) < 4.78 is 0. The highest BCUT2D eigenvalue weighted by molar-refractivity contribution is 6.35. The molecule has 2 N–H and O–H groups in total. The highest BCUT2D eigenvalue weighted by atomic mass is 16.2. The Bertz CT molecular complexity index is 830. The summed E-state index contributed by atoms with van der Waals surface area (Å²) in [7, 11) is 4.03. The molecule has 3 rings (SSSR count). The molecule has 2 amide bonds. The molecule has 1 saturated heterocycles. The lowest BCUT2D eigenvalue weighted by molar-refractivity contribution is -0.139. The van der Waals surface area contributed by atoms with Gasteiger partial charge in [-0.2, -0.15) is 0 Å². The molecule has 1 aliphatic rings. The van der Waals surface area contributed by atoms with Gasteiger partial charge in [0, 0.05) is 26.3 Å². The van der Waals surface area contributed by atoms with Gasteiger partial charge in [-0.3, -0.25) is 14.5 Å². The average Bonchev–Trinajstić information content (AvgIpc) is 3.29. The smallest absolute Gasteiger partial charge is 0.309 e. The molecule has 2 atom stereocenters. The number of hydrogen-bond acceptors (Lipinski definition) is 4. The minimum Gasteiger partial charge on any atom is -0.378 e. The number of benzene rings is 2. The highest BCUT2D eigenvalue weighted by Gasteiger charge is 2.25. The van der Waals surface area contributed by atoms with E-state index in [-0.39, 0.29) is 12.1 Å². The molecule has 0 spiro atoms. The Morgan fingerprint density at radius 1 is 0.933 bits per heavy atom. The molecular weight excluding hydrogens is 376 g/mol. The van der Waals surface area contributed by atoms with Crippen molar-refractivity contribution in [1.82, 2.24) is 15.5 Å². The van der Waals surface area contributed by atoms with Crippen molar-refractivity contribution < 1.29 is 9.59 Å². The zero-order valence-electron chi connectivity index (χ0n) is 18.1. The summed E-state index contributed by atoms with van der Waals surface area (Å²) in [6.45, 7) is 4.30. The Balaban J connectivity index is 1.61. The second-order valence-electron chi connectivity index (χ2n) is 8.06. The summed E-state index contributed by atoms with van der Waals surface area (Å²) in [6, 6.07) is 17.9. The molecule has 0 aliphatic carbocycles. The second-order valence-corrected chi connectivity index (χ2v) is 8.06. The van der Waals surface area contributed by atoms with E-state index in [1.807, 2.05) is 51.4 Å². The molecule has 30 heavy (non-hydrogen) atoms. The van der Waals surface area contributed by atoms with Crippen LogP contribution in [0.5, 0.6) is 0 Å². The summed E-state index contributed by atoms with van der Waals surface area (Å²) in [4.78, 5) is 29.3. The van der Waals surface area contributed by atoms with Gasteiger partial charge in [0.25, 0.3) is 0 Å². The molecule has 6 nitrogen and oxygen atoms in total. The van der Waals surface area contributed by atoms with E-state index < -0.39 is 11.8 Å². The van der Waals surface area contributed by atoms with Crippen molar-refractivity contribution in [3.05, 3.63) is 65.7 Å². The second kappa shape index (κ2) is 10.3. The lowest BCUT2D eigenvalue weighted by Gasteiger charge is -2.28. The van der Waals surface area contributed by atoms with Gasteiger partial charge in [0.05, 0.1) is 12.1 Å². The van der Waals surface area contributed by atoms with Gasteiger partial charge < -0.3 is 15.5 Å². The molecule has 2 aromatic rings. The van der Waals surface area contributed by atoms with Gasteiger partial charge in [-0.25, -0.2) is 0 Å². The van der Waals surface area contributed by atoms with E-state index in [1.165, 1.54) is 0 Å². The van der Waals surface area contributed by atoms with Crippen molar-refractivity contribution in [2.45, 2.75) is 31.8 Å². The van der Waals surface area contributed by atoms with Crippen LogP contribution >= 0.6 is 0 Å². The number of nitrogens with zero attached hydrogens (tertiary/aromatic N) is 2. The quantitative estimate of drug-likeness (QED) is 0.692. The Morgan fingerprint density at radius 2 is 1.57 bits per heavy atom. The third-order valence-electron chi connectivity index (χ3n) is 5.69. The molecule has 1 fully saturated rings. The van der Waals surface area contributed by atoms with Crippen LogP contribution in [0.2, 0.25) is 0 Å². The number of likely N-dealkylation sites (tertiary alicyclic amines) is 1. The Hall–Kier alpha value is -2.86. The Morgan fingerprint density at radius 3 is 2.17 bits per heavy atom. The normalized spacial score (nSPS) is 16.0. The topological polar surface area (TPSA) is 64.7 Å². The van der Waals surface area contributed by atoms with Crippen LogP contribution < -0.4 is 15.5 Å². The first-order valence-corrected chi connectivity index (χ1v) is 10.6. The lowest BCUT2D eigenvalue weighted by Crippen LogP contribution is -2.44. The molecule has 0 unspecified atom stereocenters. The van der Waals surface area contributed by atoms with Crippen LogP contribution in [0.1, 0.15) is 43.0 Å². The number of carbonyl (C=O) groups excluding carboxylic acids is 2. The van der Waals surface area contributed by atoms with E-state index in [0.717, 1.165) is 42.7 Å². The maximum absolute atomic E-state index is 12.5. The van der Waals surface area contributed by atoms with Gasteiger partial charge >= 0.3 is 11.8 Å². The number of nitrogens with one attached hydrogen (secondary N) is 2. The molecule has 0 saturated carbocycles. The third-order valence-corrected chi connectivity index (χ3v) is 5.69. The van der Waals surface area contributed by atoms with E-state index in [0.29, 0.717) is 6.54 Å². The predicted octanol–water partition coefficient (Wildman–Crippen LogP) is 2.88. The summed E-state index contributed by atoms with van der Waals surface area (Å²) in [5.74, 6) is -1.19. The number of carbonyl (C=O) groups is 2. The first-order chi connectivity index (χ1) is 14.5. The molecule has 0 radical (unpaired) electrons. The molecular formula is C24H32N4O2. The van der Waals surface area contributed by atoms with Gasteiger partial charge in [0.1, 0.15) is 0 Å². The molecule has 1 heterocycles. The first kappa shape index (κ1) is 21.8. The highest BCUT2D eigenvalue weighted by Crippen LogP contribution is 2.26. The van der Waals surface area contributed by atoms with E-state index >= 15 is 0 Å². The largest absolute Gasteiger partial charge is 0.378 e. The lowest BCUT2D eigenvalue weighted by atomic mass is 10.0. The molecule has 6 heteroatoms. The van der Waals surface area contributed by atoms with Gasteiger partial charge in [0.2, 0.25) is 0 Å². The summed E-state index contributed by atoms with van der Waals surface area (Å²) >= 11 is 0. The van der Waals surface area contributed by atoms with Gasteiger partial charge in [-0.1, -0.05) is 42.5 Å². The van der Waals surface area contributed by atoms with Crippen LogP contribution in [0.25, 0.3) is 0 Å². The number of anilines is 1. The number of hydrogen-bond donors (Lipinski definition) is 2. The molecule has 160 valence electrons. The van der Waals surface area contributed by atoms with Crippen molar-refractivity contribution in [2.24, 2.45) is 0 Å². The van der Waals surface area contributed by atoms with E-state index in [4.69, 9.17) is 0 Å². The molecule has 1 aliphatic heterocycles. The van der Waals surface area contributed by atoms with Crippen LogP contribution in [0.3, 0.4) is 0 Å². The van der Waals surface area contributed by atoms with Crippen LogP contribution in [0.15, 0.2) is 54.6 Å². The minimum absolute atomic E-state index is 0.0620. The van der Waals surface area contributed by atoms with Crippen LogP contribution in [-0.2, 0) is 9.59 Å².